The second-order valence-corrected chi connectivity index (χ2v) is 3.87. The number of hydrogen-bond acceptors (Lipinski definition) is 3. The van der Waals surface area contributed by atoms with Gasteiger partial charge in [0.2, 0.25) is 0 Å². The van der Waals surface area contributed by atoms with Crippen LogP contribution in [0.2, 0.25) is 5.15 Å². The molecule has 0 N–H and O–H groups in total. The first-order valence-corrected chi connectivity index (χ1v) is 5.53. The SMILES string of the molecule is FC(F)(F)c1ccn(-c2ncnc(Cl)c2CCl)n1. The molecular formula is C9H5Cl2F3N4. The molecule has 0 aromatic carbocycles. The topological polar surface area (TPSA) is 43.6 Å². The van der Waals surface area contributed by atoms with Gasteiger partial charge in [0.1, 0.15) is 11.5 Å². The van der Waals surface area contributed by atoms with Gasteiger partial charge in [0.25, 0.3) is 0 Å². The molecule has 2 heterocycles. The number of nitrogens with zero attached hydrogens (tertiary/aromatic N) is 4. The molecule has 96 valence electrons. The summed E-state index contributed by atoms with van der Waals surface area (Å²) >= 11 is 11.4. The Hall–Kier alpha value is -1.34. The van der Waals surface area contributed by atoms with Gasteiger partial charge in [-0.25, -0.2) is 14.6 Å². The van der Waals surface area contributed by atoms with Gasteiger partial charge < -0.3 is 0 Å². The predicted molar refractivity (Wildman–Crippen MR) is 58.7 cm³/mol. The van der Waals surface area contributed by atoms with Gasteiger partial charge in [-0.1, -0.05) is 11.6 Å². The highest BCUT2D eigenvalue weighted by Gasteiger charge is 2.33. The molecule has 0 aliphatic heterocycles. The molecule has 4 nitrogen and oxygen atoms in total. The maximum Gasteiger partial charge on any atom is 0.435 e. The Morgan fingerprint density at radius 2 is 2.00 bits per heavy atom. The monoisotopic (exact) mass is 296 g/mol. The molecule has 18 heavy (non-hydrogen) atoms. The van der Waals surface area contributed by atoms with E-state index in [1.807, 2.05) is 0 Å². The first-order chi connectivity index (χ1) is 8.43. The van der Waals surface area contributed by atoms with E-state index in [1.165, 1.54) is 0 Å². The van der Waals surface area contributed by atoms with Crippen molar-refractivity contribution in [1.82, 2.24) is 19.7 Å². The number of hydrogen-bond donors (Lipinski definition) is 0. The molecule has 2 aromatic heterocycles. The van der Waals surface area contributed by atoms with Gasteiger partial charge in [-0.2, -0.15) is 18.3 Å². The van der Waals surface area contributed by atoms with Crippen molar-refractivity contribution in [2.45, 2.75) is 12.1 Å². The fourth-order valence-electron chi connectivity index (χ4n) is 1.29. The van der Waals surface area contributed by atoms with Crippen molar-refractivity contribution in [3.63, 3.8) is 0 Å². The van der Waals surface area contributed by atoms with Gasteiger partial charge >= 0.3 is 6.18 Å². The van der Waals surface area contributed by atoms with Crippen LogP contribution in [0.15, 0.2) is 18.6 Å². The van der Waals surface area contributed by atoms with E-state index in [4.69, 9.17) is 23.2 Å². The molecule has 2 aromatic rings. The molecular weight excluding hydrogens is 292 g/mol. The summed E-state index contributed by atoms with van der Waals surface area (Å²) in [4.78, 5) is 7.53. The van der Waals surface area contributed by atoms with Crippen LogP contribution < -0.4 is 0 Å². The van der Waals surface area contributed by atoms with E-state index in [0.29, 0.717) is 5.56 Å². The van der Waals surface area contributed by atoms with Crippen LogP contribution >= 0.6 is 23.2 Å². The molecule has 0 aliphatic carbocycles. The molecule has 0 bridgehead atoms. The highest BCUT2D eigenvalue weighted by Crippen LogP contribution is 2.28. The summed E-state index contributed by atoms with van der Waals surface area (Å²) in [5, 5.41) is 3.47. The number of halogens is 5. The summed E-state index contributed by atoms with van der Waals surface area (Å²) in [6.07, 6.45) is -2.25. The van der Waals surface area contributed by atoms with Gasteiger partial charge in [-0.05, 0) is 6.07 Å². The second kappa shape index (κ2) is 4.74. The third kappa shape index (κ3) is 2.41. The highest BCUT2D eigenvalue weighted by molar-refractivity contribution is 6.31. The summed E-state index contributed by atoms with van der Waals surface area (Å²) in [7, 11) is 0. The Morgan fingerprint density at radius 3 is 2.56 bits per heavy atom. The summed E-state index contributed by atoms with van der Waals surface area (Å²) in [5.41, 5.74) is -0.699. The summed E-state index contributed by atoms with van der Waals surface area (Å²) in [6.45, 7) is 0. The minimum atomic E-state index is -4.51. The minimum Gasteiger partial charge on any atom is -0.224 e. The third-order valence-corrected chi connectivity index (χ3v) is 2.69. The van der Waals surface area contributed by atoms with Crippen molar-refractivity contribution in [2.75, 3.05) is 0 Å². The highest BCUT2D eigenvalue weighted by atomic mass is 35.5. The van der Waals surface area contributed by atoms with Gasteiger partial charge in [0.15, 0.2) is 11.5 Å². The maximum absolute atomic E-state index is 12.4. The number of aromatic nitrogens is 4. The van der Waals surface area contributed by atoms with Crippen LogP contribution in [0.4, 0.5) is 13.2 Å². The van der Waals surface area contributed by atoms with Crippen LogP contribution in [-0.4, -0.2) is 19.7 Å². The molecule has 0 radical (unpaired) electrons. The van der Waals surface area contributed by atoms with Crippen molar-refractivity contribution >= 4 is 23.2 Å². The number of alkyl halides is 4. The van der Waals surface area contributed by atoms with Gasteiger partial charge in [-0.3, -0.25) is 0 Å². The zero-order chi connectivity index (χ0) is 13.3. The summed E-state index contributed by atoms with van der Waals surface area (Å²) in [6, 6.07) is 0.841. The Balaban J connectivity index is 2.50. The quantitative estimate of drug-likeness (QED) is 0.632. The van der Waals surface area contributed by atoms with Crippen molar-refractivity contribution in [1.29, 1.82) is 0 Å². The van der Waals surface area contributed by atoms with Crippen LogP contribution in [0, 0.1) is 0 Å². The summed E-state index contributed by atoms with van der Waals surface area (Å²) in [5.74, 6) is 0.0939. The van der Waals surface area contributed by atoms with Crippen LogP contribution in [-0.2, 0) is 12.1 Å². The van der Waals surface area contributed by atoms with Crippen LogP contribution in [0.3, 0.4) is 0 Å². The average molecular weight is 297 g/mol. The van der Waals surface area contributed by atoms with E-state index >= 15 is 0 Å². The lowest BCUT2D eigenvalue weighted by Crippen LogP contribution is -2.09. The van der Waals surface area contributed by atoms with E-state index in [0.717, 1.165) is 23.3 Å². The number of rotatable bonds is 2. The van der Waals surface area contributed by atoms with Crippen LogP contribution in [0.5, 0.6) is 0 Å². The van der Waals surface area contributed by atoms with Crippen LogP contribution in [0.1, 0.15) is 11.3 Å². The predicted octanol–water partition coefficient (Wildman–Crippen LogP) is 3.07. The van der Waals surface area contributed by atoms with Crippen molar-refractivity contribution in [3.8, 4) is 5.82 Å². The lowest BCUT2D eigenvalue weighted by Gasteiger charge is -2.07. The van der Waals surface area contributed by atoms with E-state index in [2.05, 4.69) is 15.1 Å². The molecule has 0 spiro atoms. The van der Waals surface area contributed by atoms with E-state index in [9.17, 15) is 13.2 Å². The van der Waals surface area contributed by atoms with Crippen LogP contribution in [0.25, 0.3) is 5.82 Å². The Bertz CT molecular complexity index is 567. The average Bonchev–Trinajstić information content (AvgIpc) is 2.77. The van der Waals surface area contributed by atoms with Crippen molar-refractivity contribution < 1.29 is 13.2 Å². The molecule has 0 amide bonds. The molecule has 0 fully saturated rings. The maximum atomic E-state index is 12.4. The Labute approximate surface area is 109 Å². The fourth-order valence-corrected chi connectivity index (χ4v) is 1.80. The molecule has 9 heteroatoms. The third-order valence-electron chi connectivity index (χ3n) is 2.10. The first kappa shape index (κ1) is 13.1. The summed E-state index contributed by atoms with van der Waals surface area (Å²) < 4.78 is 38.2. The lowest BCUT2D eigenvalue weighted by molar-refractivity contribution is -0.141. The van der Waals surface area contributed by atoms with Crippen molar-refractivity contribution in [2.24, 2.45) is 0 Å². The molecule has 0 saturated heterocycles. The van der Waals surface area contributed by atoms with E-state index < -0.39 is 11.9 Å². The van der Waals surface area contributed by atoms with E-state index in [-0.39, 0.29) is 16.9 Å². The molecule has 0 unspecified atom stereocenters. The van der Waals surface area contributed by atoms with Gasteiger partial charge in [0, 0.05) is 11.8 Å². The first-order valence-electron chi connectivity index (χ1n) is 4.62. The van der Waals surface area contributed by atoms with Gasteiger partial charge in [0.05, 0.1) is 5.88 Å². The smallest absolute Gasteiger partial charge is 0.224 e. The zero-order valence-electron chi connectivity index (χ0n) is 8.62. The van der Waals surface area contributed by atoms with E-state index in [1.54, 1.807) is 0 Å². The Morgan fingerprint density at radius 1 is 1.28 bits per heavy atom. The molecule has 0 atom stereocenters. The standard InChI is InChI=1S/C9H5Cl2F3N4/c10-3-5-7(11)15-4-16-8(5)18-2-1-6(17-18)9(12,13)14/h1-2,4H,3H2. The minimum absolute atomic E-state index is 0.0315. The lowest BCUT2D eigenvalue weighted by atomic mass is 10.3. The fraction of sp³-hybridized carbons (Fsp3) is 0.222. The molecule has 0 aliphatic rings. The zero-order valence-corrected chi connectivity index (χ0v) is 10.1. The Kier molecular flexibility index (Phi) is 3.45. The largest absolute Gasteiger partial charge is 0.435 e. The molecule has 0 saturated carbocycles. The second-order valence-electron chi connectivity index (χ2n) is 3.24. The normalized spacial score (nSPS) is 11.8. The van der Waals surface area contributed by atoms with Gasteiger partial charge in [-0.15, -0.1) is 11.6 Å². The molecule has 2 rings (SSSR count). The van der Waals surface area contributed by atoms with Crippen molar-refractivity contribution in [3.05, 3.63) is 35.0 Å².